The molecule has 0 unspecified atom stereocenters. The average molecular weight is 231 g/mol. The van der Waals surface area contributed by atoms with E-state index in [9.17, 15) is 0 Å². The van der Waals surface area contributed by atoms with E-state index in [0.29, 0.717) is 24.1 Å². The zero-order valence-corrected chi connectivity index (χ0v) is 9.17. The summed E-state index contributed by atoms with van der Waals surface area (Å²) >= 11 is 0. The molecular weight excluding hydrogens is 218 g/mol. The number of hydrogen-bond donors (Lipinski definition) is 3. The summed E-state index contributed by atoms with van der Waals surface area (Å²) in [5.41, 5.74) is 0. The van der Waals surface area contributed by atoms with Gasteiger partial charge in [0, 0.05) is 18.9 Å². The standard InChI is InChI=1S/C11H13N5O/c17-8-7-13-10-4-6-14-11(16-10)15-9-3-1-2-5-12-9/h1-6,17H,7-8H2,(H2,12,13,14,15,16). The predicted molar refractivity (Wildman–Crippen MR) is 65.1 cm³/mol. The van der Waals surface area contributed by atoms with Crippen molar-refractivity contribution in [3.8, 4) is 0 Å². The number of aliphatic hydroxyl groups is 1. The molecule has 0 saturated heterocycles. The molecule has 0 radical (unpaired) electrons. The van der Waals surface area contributed by atoms with Crippen LogP contribution in [0.15, 0.2) is 36.7 Å². The molecule has 0 aliphatic heterocycles. The molecule has 2 aromatic heterocycles. The van der Waals surface area contributed by atoms with Gasteiger partial charge in [-0.1, -0.05) is 6.07 Å². The van der Waals surface area contributed by atoms with Crippen molar-refractivity contribution in [3.05, 3.63) is 36.7 Å². The summed E-state index contributed by atoms with van der Waals surface area (Å²) in [5.74, 6) is 1.81. The summed E-state index contributed by atoms with van der Waals surface area (Å²) < 4.78 is 0. The van der Waals surface area contributed by atoms with Crippen LogP contribution in [0, 0.1) is 0 Å². The van der Waals surface area contributed by atoms with E-state index in [1.54, 1.807) is 18.5 Å². The van der Waals surface area contributed by atoms with Crippen molar-refractivity contribution >= 4 is 17.6 Å². The second-order valence-corrected chi connectivity index (χ2v) is 3.26. The fourth-order valence-corrected chi connectivity index (χ4v) is 1.25. The van der Waals surface area contributed by atoms with Crippen LogP contribution in [-0.2, 0) is 0 Å². The minimum Gasteiger partial charge on any atom is -0.395 e. The highest BCUT2D eigenvalue weighted by Crippen LogP contribution is 2.10. The molecule has 0 aromatic carbocycles. The van der Waals surface area contributed by atoms with E-state index in [-0.39, 0.29) is 6.61 Å². The highest BCUT2D eigenvalue weighted by Gasteiger charge is 1.99. The summed E-state index contributed by atoms with van der Waals surface area (Å²) in [5, 5.41) is 14.6. The Morgan fingerprint density at radius 3 is 2.76 bits per heavy atom. The van der Waals surface area contributed by atoms with Gasteiger partial charge in [-0.25, -0.2) is 9.97 Å². The van der Waals surface area contributed by atoms with Gasteiger partial charge in [-0.2, -0.15) is 4.98 Å². The minimum absolute atomic E-state index is 0.0625. The van der Waals surface area contributed by atoms with Crippen LogP contribution in [0.25, 0.3) is 0 Å². The molecule has 2 heterocycles. The fraction of sp³-hybridized carbons (Fsp3) is 0.182. The third kappa shape index (κ3) is 3.39. The molecule has 0 amide bonds. The Balaban J connectivity index is 2.06. The molecule has 3 N–H and O–H groups in total. The molecule has 0 saturated carbocycles. The topological polar surface area (TPSA) is 83.0 Å². The first-order chi connectivity index (χ1) is 8.38. The summed E-state index contributed by atoms with van der Waals surface area (Å²) in [6.07, 6.45) is 3.33. The lowest BCUT2D eigenvalue weighted by molar-refractivity contribution is 0.311. The number of anilines is 3. The number of aliphatic hydroxyl groups excluding tert-OH is 1. The molecule has 0 fully saturated rings. The van der Waals surface area contributed by atoms with E-state index in [1.165, 1.54) is 0 Å². The summed E-state index contributed by atoms with van der Waals surface area (Å²) in [7, 11) is 0. The minimum atomic E-state index is 0.0625. The Morgan fingerprint density at radius 1 is 1.06 bits per heavy atom. The lowest BCUT2D eigenvalue weighted by atomic mass is 10.5. The molecule has 0 aliphatic carbocycles. The smallest absolute Gasteiger partial charge is 0.230 e. The second kappa shape index (κ2) is 5.76. The van der Waals surface area contributed by atoms with Crippen LogP contribution < -0.4 is 10.6 Å². The molecule has 2 aromatic rings. The Labute approximate surface area is 98.8 Å². The summed E-state index contributed by atoms with van der Waals surface area (Å²) in [6, 6.07) is 7.28. The molecule has 88 valence electrons. The van der Waals surface area contributed by atoms with E-state index in [1.807, 2.05) is 18.2 Å². The van der Waals surface area contributed by atoms with Crippen LogP contribution in [0.4, 0.5) is 17.6 Å². The Hall–Kier alpha value is -2.21. The molecule has 2 rings (SSSR count). The maximum Gasteiger partial charge on any atom is 0.230 e. The van der Waals surface area contributed by atoms with Gasteiger partial charge in [0.1, 0.15) is 11.6 Å². The van der Waals surface area contributed by atoms with E-state index in [4.69, 9.17) is 5.11 Å². The van der Waals surface area contributed by atoms with Gasteiger partial charge in [-0.05, 0) is 18.2 Å². The number of rotatable bonds is 5. The lowest BCUT2D eigenvalue weighted by Gasteiger charge is -2.06. The van der Waals surface area contributed by atoms with Crippen LogP contribution in [-0.4, -0.2) is 33.2 Å². The number of hydrogen-bond acceptors (Lipinski definition) is 6. The maximum absolute atomic E-state index is 8.70. The fourth-order valence-electron chi connectivity index (χ4n) is 1.25. The number of pyridine rings is 1. The van der Waals surface area contributed by atoms with Crippen LogP contribution in [0.1, 0.15) is 0 Å². The van der Waals surface area contributed by atoms with Crippen LogP contribution in [0.5, 0.6) is 0 Å². The first-order valence-corrected chi connectivity index (χ1v) is 5.24. The highest BCUT2D eigenvalue weighted by atomic mass is 16.3. The number of nitrogens with zero attached hydrogens (tertiary/aromatic N) is 3. The summed E-state index contributed by atoms with van der Waals surface area (Å²) in [6.45, 7) is 0.521. The van der Waals surface area contributed by atoms with Gasteiger partial charge in [0.15, 0.2) is 0 Å². The van der Waals surface area contributed by atoms with E-state index in [0.717, 1.165) is 0 Å². The average Bonchev–Trinajstić information content (AvgIpc) is 2.38. The van der Waals surface area contributed by atoms with Crippen LogP contribution >= 0.6 is 0 Å². The molecule has 6 nitrogen and oxygen atoms in total. The lowest BCUT2D eigenvalue weighted by Crippen LogP contribution is -2.08. The maximum atomic E-state index is 8.70. The van der Waals surface area contributed by atoms with Crippen molar-refractivity contribution in [2.45, 2.75) is 0 Å². The third-order valence-electron chi connectivity index (χ3n) is 1.98. The van der Waals surface area contributed by atoms with Gasteiger partial charge in [0.2, 0.25) is 5.95 Å². The molecular formula is C11H13N5O. The third-order valence-corrected chi connectivity index (χ3v) is 1.98. The van der Waals surface area contributed by atoms with Crippen molar-refractivity contribution < 1.29 is 5.11 Å². The molecule has 6 heteroatoms. The quantitative estimate of drug-likeness (QED) is 0.712. The number of aromatic nitrogens is 3. The Bertz CT molecular complexity index is 462. The van der Waals surface area contributed by atoms with Gasteiger partial charge in [0.05, 0.1) is 6.61 Å². The molecule has 0 spiro atoms. The number of nitrogens with one attached hydrogen (secondary N) is 2. The van der Waals surface area contributed by atoms with Gasteiger partial charge < -0.3 is 15.7 Å². The SMILES string of the molecule is OCCNc1ccnc(Nc2ccccn2)n1. The van der Waals surface area contributed by atoms with Gasteiger partial charge >= 0.3 is 0 Å². The van der Waals surface area contributed by atoms with Gasteiger partial charge in [-0.15, -0.1) is 0 Å². The van der Waals surface area contributed by atoms with Crippen LogP contribution in [0.3, 0.4) is 0 Å². The molecule has 0 aliphatic rings. The van der Waals surface area contributed by atoms with Crippen LogP contribution in [0.2, 0.25) is 0 Å². The Kier molecular flexibility index (Phi) is 3.82. The van der Waals surface area contributed by atoms with Crippen molar-refractivity contribution in [2.24, 2.45) is 0 Å². The molecule has 0 bridgehead atoms. The summed E-state index contributed by atoms with van der Waals surface area (Å²) in [4.78, 5) is 12.4. The van der Waals surface area contributed by atoms with E-state index in [2.05, 4.69) is 25.6 Å². The molecule has 0 atom stereocenters. The van der Waals surface area contributed by atoms with Gasteiger partial charge in [-0.3, -0.25) is 0 Å². The second-order valence-electron chi connectivity index (χ2n) is 3.26. The van der Waals surface area contributed by atoms with Crippen molar-refractivity contribution in [2.75, 3.05) is 23.8 Å². The zero-order valence-electron chi connectivity index (χ0n) is 9.17. The zero-order chi connectivity index (χ0) is 11.9. The van der Waals surface area contributed by atoms with Crippen molar-refractivity contribution in [1.29, 1.82) is 0 Å². The van der Waals surface area contributed by atoms with Crippen molar-refractivity contribution in [1.82, 2.24) is 15.0 Å². The predicted octanol–water partition coefficient (Wildman–Crippen LogP) is 1.02. The molecule has 17 heavy (non-hydrogen) atoms. The highest BCUT2D eigenvalue weighted by molar-refractivity contribution is 5.49. The van der Waals surface area contributed by atoms with Gasteiger partial charge in [0.25, 0.3) is 0 Å². The first kappa shape index (κ1) is 11.3. The monoisotopic (exact) mass is 231 g/mol. The normalized spacial score (nSPS) is 9.94. The van der Waals surface area contributed by atoms with E-state index < -0.39 is 0 Å². The largest absolute Gasteiger partial charge is 0.395 e. The van der Waals surface area contributed by atoms with E-state index >= 15 is 0 Å². The first-order valence-electron chi connectivity index (χ1n) is 5.24. The van der Waals surface area contributed by atoms with Crippen molar-refractivity contribution in [3.63, 3.8) is 0 Å². The Morgan fingerprint density at radius 2 is 2.00 bits per heavy atom.